The van der Waals surface area contributed by atoms with Crippen LogP contribution in [0.25, 0.3) is 0 Å². The number of guanidine groups is 1. The first-order valence-corrected chi connectivity index (χ1v) is 10.3. The third-order valence-electron chi connectivity index (χ3n) is 4.67. The van der Waals surface area contributed by atoms with E-state index in [9.17, 15) is 24.3 Å². The second-order valence-electron chi connectivity index (χ2n) is 7.06. The van der Waals surface area contributed by atoms with Crippen molar-refractivity contribution in [3.8, 4) is 0 Å². The number of carboxylic acids is 1. The van der Waals surface area contributed by atoms with Gasteiger partial charge in [-0.1, -0.05) is 0 Å². The Balaban J connectivity index is 2.56. The van der Waals surface area contributed by atoms with Crippen molar-refractivity contribution < 1.29 is 24.3 Å². The zero-order valence-corrected chi connectivity index (χ0v) is 17.8. The van der Waals surface area contributed by atoms with Gasteiger partial charge in [0.2, 0.25) is 17.7 Å². The highest BCUT2D eigenvalue weighted by Gasteiger charge is 2.36. The summed E-state index contributed by atoms with van der Waals surface area (Å²) in [5.74, 6) is -2.79. The fourth-order valence-electron chi connectivity index (χ4n) is 3.03. The van der Waals surface area contributed by atoms with E-state index in [1.165, 1.54) is 11.8 Å². The Kier molecular flexibility index (Phi) is 10.4. The van der Waals surface area contributed by atoms with Crippen molar-refractivity contribution in [2.45, 2.75) is 56.8 Å². The molecule has 1 rings (SSSR count). The number of likely N-dealkylation sites (tertiary alicyclic amines) is 1. The lowest BCUT2D eigenvalue weighted by molar-refractivity contribution is -0.149. The van der Waals surface area contributed by atoms with Gasteiger partial charge < -0.3 is 37.8 Å². The molecule has 4 unspecified atom stereocenters. The Bertz CT molecular complexity index is 671. The normalized spacial score (nSPS) is 18.8. The first-order chi connectivity index (χ1) is 14.1. The van der Waals surface area contributed by atoms with Crippen molar-refractivity contribution in [2.24, 2.45) is 22.2 Å². The smallest absolute Gasteiger partial charge is 0.326 e. The lowest BCUT2D eigenvalue weighted by Crippen LogP contribution is -2.56. The average molecular weight is 446 g/mol. The Morgan fingerprint density at radius 3 is 2.47 bits per heavy atom. The van der Waals surface area contributed by atoms with E-state index in [1.54, 1.807) is 0 Å². The van der Waals surface area contributed by atoms with Gasteiger partial charge in [0.15, 0.2) is 5.96 Å². The van der Waals surface area contributed by atoms with Crippen LogP contribution in [0.15, 0.2) is 4.99 Å². The van der Waals surface area contributed by atoms with Crippen LogP contribution in [0, 0.1) is 0 Å². The molecule has 0 saturated carbocycles. The van der Waals surface area contributed by atoms with Gasteiger partial charge in [0, 0.05) is 18.8 Å². The predicted molar refractivity (Wildman–Crippen MR) is 114 cm³/mol. The number of thiol groups is 1. The molecule has 170 valence electrons. The molecule has 0 aromatic rings. The van der Waals surface area contributed by atoms with E-state index in [0.29, 0.717) is 38.8 Å². The largest absolute Gasteiger partial charge is 0.480 e. The summed E-state index contributed by atoms with van der Waals surface area (Å²) in [7, 11) is 0. The van der Waals surface area contributed by atoms with E-state index in [2.05, 4.69) is 28.3 Å². The summed E-state index contributed by atoms with van der Waals surface area (Å²) in [5.41, 5.74) is 16.3. The molecule has 0 aromatic carbocycles. The van der Waals surface area contributed by atoms with Crippen LogP contribution >= 0.6 is 12.6 Å². The molecule has 13 heteroatoms. The summed E-state index contributed by atoms with van der Waals surface area (Å²) in [5, 5.41) is 14.2. The molecule has 4 atom stereocenters. The van der Waals surface area contributed by atoms with Crippen LogP contribution < -0.4 is 27.8 Å². The Morgan fingerprint density at radius 2 is 1.90 bits per heavy atom. The average Bonchev–Trinajstić information content (AvgIpc) is 3.18. The number of hydrogen-bond acceptors (Lipinski definition) is 7. The van der Waals surface area contributed by atoms with E-state index < -0.39 is 47.9 Å². The minimum atomic E-state index is -1.08. The number of aliphatic carboxylic acids is 1. The number of carboxylic acid groups (broad SMARTS) is 1. The highest BCUT2D eigenvalue weighted by molar-refractivity contribution is 7.80. The number of nitrogens with one attached hydrogen (secondary N) is 2. The first-order valence-electron chi connectivity index (χ1n) is 9.64. The Labute approximate surface area is 180 Å². The lowest BCUT2D eigenvalue weighted by atomic mass is 10.1. The van der Waals surface area contributed by atoms with E-state index in [0.717, 1.165) is 0 Å². The van der Waals surface area contributed by atoms with E-state index in [-0.39, 0.29) is 11.7 Å². The van der Waals surface area contributed by atoms with Gasteiger partial charge in [0.05, 0.1) is 6.04 Å². The van der Waals surface area contributed by atoms with Crippen LogP contribution in [0.5, 0.6) is 0 Å². The van der Waals surface area contributed by atoms with Crippen LogP contribution in [0.3, 0.4) is 0 Å². The summed E-state index contributed by atoms with van der Waals surface area (Å²) < 4.78 is 0. The summed E-state index contributed by atoms with van der Waals surface area (Å²) in [6.45, 7) is 2.11. The maximum Gasteiger partial charge on any atom is 0.326 e. The number of amides is 3. The molecular formula is C17H31N7O5S. The van der Waals surface area contributed by atoms with E-state index in [1.807, 2.05) is 0 Å². The molecule has 9 N–H and O–H groups in total. The molecule has 30 heavy (non-hydrogen) atoms. The van der Waals surface area contributed by atoms with Crippen LogP contribution in [-0.4, -0.2) is 82.7 Å². The highest BCUT2D eigenvalue weighted by atomic mass is 32.1. The highest BCUT2D eigenvalue weighted by Crippen LogP contribution is 2.18. The number of nitrogens with two attached hydrogens (primary N) is 3. The van der Waals surface area contributed by atoms with Crippen LogP contribution in [0.1, 0.15) is 32.6 Å². The van der Waals surface area contributed by atoms with Crippen LogP contribution in [0.4, 0.5) is 0 Å². The molecule has 3 amide bonds. The Morgan fingerprint density at radius 1 is 1.23 bits per heavy atom. The molecule has 0 bridgehead atoms. The van der Waals surface area contributed by atoms with Gasteiger partial charge in [0.1, 0.15) is 18.1 Å². The Hall–Kier alpha value is -2.54. The summed E-state index contributed by atoms with van der Waals surface area (Å²) in [6, 6.07) is -3.72. The standard InChI is InChI=1S/C17H31N7O5S/c1-9(15(27)24-7-3-5-12(24)16(28)29)22-14(26)11(8-30)23-13(25)10(18)4-2-6-21-17(19)20/h9-12,30H,2-8,18H2,1H3,(H,22,26)(H,23,25)(H,28,29)(H4,19,20,21). The van der Waals surface area contributed by atoms with Gasteiger partial charge in [-0.3, -0.25) is 19.4 Å². The monoisotopic (exact) mass is 445 g/mol. The van der Waals surface area contributed by atoms with Gasteiger partial charge in [-0.05, 0) is 32.6 Å². The minimum absolute atomic E-state index is 0.0132. The van der Waals surface area contributed by atoms with Crippen molar-refractivity contribution in [2.75, 3.05) is 18.8 Å². The number of rotatable bonds is 11. The minimum Gasteiger partial charge on any atom is -0.480 e. The molecule has 12 nitrogen and oxygen atoms in total. The van der Waals surface area contributed by atoms with Gasteiger partial charge in [-0.2, -0.15) is 12.6 Å². The maximum atomic E-state index is 12.5. The summed E-state index contributed by atoms with van der Waals surface area (Å²) in [4.78, 5) is 53.5. The predicted octanol–water partition coefficient (Wildman–Crippen LogP) is -2.64. The molecular weight excluding hydrogens is 414 g/mol. The van der Waals surface area contributed by atoms with Gasteiger partial charge in [-0.15, -0.1) is 0 Å². The number of hydrogen-bond donors (Lipinski definition) is 7. The summed E-state index contributed by atoms with van der Waals surface area (Å²) in [6.07, 6.45) is 1.75. The van der Waals surface area contributed by atoms with Gasteiger partial charge in [-0.25, -0.2) is 4.79 Å². The number of nitrogens with zero attached hydrogens (tertiary/aromatic N) is 2. The SMILES string of the molecule is CC(NC(=O)C(CS)NC(=O)C(N)CCCN=C(N)N)C(=O)N1CCCC1C(=O)O. The van der Waals surface area contributed by atoms with E-state index in [4.69, 9.17) is 17.2 Å². The van der Waals surface area contributed by atoms with Crippen LogP contribution in [-0.2, 0) is 19.2 Å². The molecule has 1 heterocycles. The molecule has 1 aliphatic rings. The fraction of sp³-hybridized carbons (Fsp3) is 0.706. The number of aliphatic imine (C=N–C) groups is 1. The molecule has 0 aliphatic carbocycles. The summed E-state index contributed by atoms with van der Waals surface area (Å²) >= 11 is 4.07. The van der Waals surface area contributed by atoms with Crippen molar-refractivity contribution in [1.82, 2.24) is 15.5 Å². The molecule has 0 spiro atoms. The number of carbonyl (C=O) groups excluding carboxylic acids is 3. The molecule has 0 radical (unpaired) electrons. The quantitative estimate of drug-likeness (QED) is 0.0772. The zero-order chi connectivity index (χ0) is 22.8. The second kappa shape index (κ2) is 12.2. The molecule has 0 aromatic heterocycles. The van der Waals surface area contributed by atoms with Crippen molar-refractivity contribution in [3.63, 3.8) is 0 Å². The van der Waals surface area contributed by atoms with E-state index >= 15 is 0 Å². The fourth-order valence-corrected chi connectivity index (χ4v) is 3.29. The molecule has 1 aliphatic heterocycles. The van der Waals surface area contributed by atoms with Crippen molar-refractivity contribution >= 4 is 42.3 Å². The topological polar surface area (TPSA) is 206 Å². The number of carbonyl (C=O) groups is 4. The van der Waals surface area contributed by atoms with Gasteiger partial charge in [0.25, 0.3) is 0 Å². The van der Waals surface area contributed by atoms with Crippen molar-refractivity contribution in [1.29, 1.82) is 0 Å². The second-order valence-corrected chi connectivity index (χ2v) is 7.42. The lowest BCUT2D eigenvalue weighted by Gasteiger charge is -2.26. The van der Waals surface area contributed by atoms with Crippen LogP contribution in [0.2, 0.25) is 0 Å². The molecule has 1 saturated heterocycles. The third kappa shape index (κ3) is 7.71. The zero-order valence-electron chi connectivity index (χ0n) is 16.9. The van der Waals surface area contributed by atoms with Gasteiger partial charge >= 0.3 is 5.97 Å². The van der Waals surface area contributed by atoms with Crippen molar-refractivity contribution in [3.05, 3.63) is 0 Å². The molecule has 1 fully saturated rings. The first kappa shape index (κ1) is 25.5. The maximum absolute atomic E-state index is 12.5. The third-order valence-corrected chi connectivity index (χ3v) is 5.04.